The second-order valence-corrected chi connectivity index (χ2v) is 6.25. The lowest BCUT2D eigenvalue weighted by Crippen LogP contribution is -2.27. The van der Waals surface area contributed by atoms with Crippen LogP contribution in [0.4, 0.5) is 11.4 Å². The summed E-state index contributed by atoms with van der Waals surface area (Å²) in [6.07, 6.45) is 2.20. The highest BCUT2D eigenvalue weighted by Gasteiger charge is 2.26. The van der Waals surface area contributed by atoms with Gasteiger partial charge in [0.2, 0.25) is 5.91 Å². The van der Waals surface area contributed by atoms with Gasteiger partial charge in [0.1, 0.15) is 0 Å². The fraction of sp³-hybridized carbons (Fsp3) is 0.263. The number of hydrogen-bond donors (Lipinski definition) is 1. The van der Waals surface area contributed by atoms with E-state index < -0.39 is 0 Å². The van der Waals surface area contributed by atoms with Gasteiger partial charge in [0.15, 0.2) is 0 Å². The van der Waals surface area contributed by atoms with E-state index >= 15 is 0 Å². The van der Waals surface area contributed by atoms with Crippen LogP contribution in [0.2, 0.25) is 5.02 Å². The molecular weight excluding hydrogens is 324 g/mol. The number of anilines is 2. The Labute approximate surface area is 146 Å². The molecule has 0 aliphatic carbocycles. The molecule has 1 fully saturated rings. The molecule has 0 radical (unpaired) electrons. The number of aryl methyl sites for hydroxylation is 1. The number of hydrogen-bond acceptors (Lipinski definition) is 2. The van der Waals surface area contributed by atoms with Crippen molar-refractivity contribution in [1.29, 1.82) is 0 Å². The molecule has 1 heterocycles. The fourth-order valence-electron chi connectivity index (χ4n) is 2.89. The molecule has 2 aromatic rings. The van der Waals surface area contributed by atoms with Gasteiger partial charge in [-0.05, 0) is 48.7 Å². The summed E-state index contributed by atoms with van der Waals surface area (Å²) >= 11 is 6.08. The predicted octanol–water partition coefficient (Wildman–Crippen LogP) is 4.28. The van der Waals surface area contributed by atoms with Gasteiger partial charge < -0.3 is 10.2 Å². The molecule has 24 heavy (non-hydrogen) atoms. The molecule has 124 valence electrons. The van der Waals surface area contributed by atoms with Crippen LogP contribution in [0, 0.1) is 0 Å². The van der Waals surface area contributed by atoms with Crippen LogP contribution in [0.15, 0.2) is 42.5 Å². The summed E-state index contributed by atoms with van der Waals surface area (Å²) in [5.41, 5.74) is 2.93. The van der Waals surface area contributed by atoms with E-state index in [0.717, 1.165) is 24.1 Å². The first-order valence-corrected chi connectivity index (χ1v) is 8.46. The van der Waals surface area contributed by atoms with E-state index in [4.69, 9.17) is 11.6 Å². The molecule has 1 N–H and O–H groups in total. The first-order chi connectivity index (χ1) is 11.6. The third-order valence-corrected chi connectivity index (χ3v) is 4.40. The lowest BCUT2D eigenvalue weighted by molar-refractivity contribution is -0.117. The SMILES string of the molecule is CCc1cccc(NC(=O)c2ccc(Cl)cc2N2CCCC2=O)c1. The quantitative estimate of drug-likeness (QED) is 0.901. The largest absolute Gasteiger partial charge is 0.322 e. The molecule has 0 aromatic heterocycles. The summed E-state index contributed by atoms with van der Waals surface area (Å²) in [5.74, 6) is -0.214. The minimum Gasteiger partial charge on any atom is -0.322 e. The van der Waals surface area contributed by atoms with Crippen LogP contribution < -0.4 is 10.2 Å². The van der Waals surface area contributed by atoms with E-state index in [-0.39, 0.29) is 11.8 Å². The van der Waals surface area contributed by atoms with E-state index in [1.54, 1.807) is 23.1 Å². The highest BCUT2D eigenvalue weighted by atomic mass is 35.5. The van der Waals surface area contributed by atoms with Crippen molar-refractivity contribution >= 4 is 34.8 Å². The number of amides is 2. The summed E-state index contributed by atoms with van der Waals surface area (Å²) in [6, 6.07) is 12.8. The molecule has 4 nitrogen and oxygen atoms in total. The highest BCUT2D eigenvalue weighted by molar-refractivity contribution is 6.31. The molecule has 2 aromatic carbocycles. The third-order valence-electron chi connectivity index (χ3n) is 4.16. The molecular formula is C19H19ClN2O2. The zero-order valence-corrected chi connectivity index (χ0v) is 14.3. The molecule has 1 saturated heterocycles. The Bertz CT molecular complexity index is 789. The lowest BCUT2D eigenvalue weighted by Gasteiger charge is -2.20. The summed E-state index contributed by atoms with van der Waals surface area (Å²) in [4.78, 5) is 26.4. The van der Waals surface area contributed by atoms with Crippen molar-refractivity contribution in [2.45, 2.75) is 26.2 Å². The Morgan fingerprint density at radius 2 is 2.08 bits per heavy atom. The molecule has 1 aliphatic rings. The van der Waals surface area contributed by atoms with E-state index in [1.165, 1.54) is 0 Å². The monoisotopic (exact) mass is 342 g/mol. The van der Waals surface area contributed by atoms with Crippen molar-refractivity contribution < 1.29 is 9.59 Å². The molecule has 2 amide bonds. The van der Waals surface area contributed by atoms with E-state index in [1.807, 2.05) is 24.3 Å². The van der Waals surface area contributed by atoms with Crippen molar-refractivity contribution in [2.24, 2.45) is 0 Å². The Morgan fingerprint density at radius 1 is 1.25 bits per heavy atom. The van der Waals surface area contributed by atoms with E-state index in [2.05, 4.69) is 12.2 Å². The standard InChI is InChI=1S/C19H19ClN2O2/c1-2-13-5-3-6-15(11-13)21-19(24)16-9-8-14(20)12-17(16)22-10-4-7-18(22)23/h3,5-6,8-9,11-12H,2,4,7,10H2,1H3,(H,21,24). The van der Waals surface area contributed by atoms with Crippen molar-refractivity contribution in [1.82, 2.24) is 0 Å². The van der Waals surface area contributed by atoms with Gasteiger partial charge >= 0.3 is 0 Å². The van der Waals surface area contributed by atoms with Gasteiger partial charge in [-0.25, -0.2) is 0 Å². The summed E-state index contributed by atoms with van der Waals surface area (Å²) in [7, 11) is 0. The second kappa shape index (κ2) is 7.05. The Morgan fingerprint density at radius 3 is 2.79 bits per heavy atom. The number of rotatable bonds is 4. The summed E-state index contributed by atoms with van der Waals surface area (Å²) in [6.45, 7) is 2.68. The van der Waals surface area contributed by atoms with Crippen LogP contribution in [-0.4, -0.2) is 18.4 Å². The second-order valence-electron chi connectivity index (χ2n) is 5.82. The lowest BCUT2D eigenvalue weighted by atomic mass is 10.1. The van der Waals surface area contributed by atoms with Crippen LogP contribution in [0.1, 0.15) is 35.7 Å². The first kappa shape index (κ1) is 16.5. The molecule has 0 saturated carbocycles. The van der Waals surface area contributed by atoms with Gasteiger partial charge in [0.25, 0.3) is 5.91 Å². The van der Waals surface area contributed by atoms with Crippen LogP contribution in [-0.2, 0) is 11.2 Å². The molecule has 3 rings (SSSR count). The number of nitrogens with zero attached hydrogens (tertiary/aromatic N) is 1. The Hall–Kier alpha value is -2.33. The van der Waals surface area contributed by atoms with Crippen LogP contribution in [0.3, 0.4) is 0 Å². The zero-order chi connectivity index (χ0) is 17.1. The number of carbonyl (C=O) groups is 2. The van der Waals surface area contributed by atoms with Crippen molar-refractivity contribution in [3.63, 3.8) is 0 Å². The fourth-order valence-corrected chi connectivity index (χ4v) is 3.06. The minimum atomic E-state index is -0.241. The van der Waals surface area contributed by atoms with Crippen LogP contribution in [0.25, 0.3) is 0 Å². The van der Waals surface area contributed by atoms with Crippen molar-refractivity contribution in [3.05, 3.63) is 58.6 Å². The first-order valence-electron chi connectivity index (χ1n) is 8.08. The smallest absolute Gasteiger partial charge is 0.257 e. The Balaban J connectivity index is 1.90. The van der Waals surface area contributed by atoms with Gasteiger partial charge in [-0.3, -0.25) is 9.59 Å². The normalized spacial score (nSPS) is 14.1. The number of benzene rings is 2. The van der Waals surface area contributed by atoms with Crippen molar-refractivity contribution in [2.75, 3.05) is 16.8 Å². The molecule has 1 aliphatic heterocycles. The van der Waals surface area contributed by atoms with Gasteiger partial charge in [0.05, 0.1) is 11.3 Å². The van der Waals surface area contributed by atoms with Gasteiger partial charge in [-0.15, -0.1) is 0 Å². The van der Waals surface area contributed by atoms with E-state index in [0.29, 0.717) is 29.2 Å². The maximum Gasteiger partial charge on any atom is 0.257 e. The van der Waals surface area contributed by atoms with E-state index in [9.17, 15) is 9.59 Å². The molecule has 0 spiro atoms. The van der Waals surface area contributed by atoms with Gasteiger partial charge in [-0.1, -0.05) is 30.7 Å². The average molecular weight is 343 g/mol. The summed E-state index contributed by atoms with van der Waals surface area (Å²) < 4.78 is 0. The molecule has 5 heteroatoms. The maximum atomic E-state index is 12.7. The summed E-state index contributed by atoms with van der Waals surface area (Å²) in [5, 5.41) is 3.42. The third kappa shape index (κ3) is 3.44. The minimum absolute atomic E-state index is 0.0271. The Kier molecular flexibility index (Phi) is 4.86. The number of halogens is 1. The maximum absolute atomic E-state index is 12.7. The average Bonchev–Trinajstić information content (AvgIpc) is 3.00. The number of carbonyl (C=O) groups excluding carboxylic acids is 2. The predicted molar refractivity (Wildman–Crippen MR) is 96.8 cm³/mol. The van der Waals surface area contributed by atoms with Gasteiger partial charge in [-0.2, -0.15) is 0 Å². The van der Waals surface area contributed by atoms with Crippen LogP contribution in [0.5, 0.6) is 0 Å². The molecule has 0 atom stereocenters. The molecule has 0 unspecified atom stereocenters. The van der Waals surface area contributed by atoms with Crippen molar-refractivity contribution in [3.8, 4) is 0 Å². The zero-order valence-electron chi connectivity index (χ0n) is 13.5. The molecule has 0 bridgehead atoms. The number of nitrogens with one attached hydrogen (secondary N) is 1. The van der Waals surface area contributed by atoms with Gasteiger partial charge in [0, 0.05) is 23.7 Å². The topological polar surface area (TPSA) is 49.4 Å². The highest BCUT2D eigenvalue weighted by Crippen LogP contribution is 2.29. The van der Waals surface area contributed by atoms with Crippen LogP contribution >= 0.6 is 11.6 Å².